The molecule has 2 aromatic heterocycles. The molecule has 2 aromatic carbocycles. The maximum absolute atomic E-state index is 15.8. The summed E-state index contributed by atoms with van der Waals surface area (Å²) >= 11 is 0. The van der Waals surface area contributed by atoms with Crippen LogP contribution in [0, 0.1) is 19.7 Å². The second-order valence-corrected chi connectivity index (χ2v) is 17.0. The number of halogens is 6. The van der Waals surface area contributed by atoms with Crippen LogP contribution in [-0.4, -0.2) is 118 Å². The van der Waals surface area contributed by atoms with E-state index in [0.29, 0.717) is 67.8 Å². The number of piperazine rings is 1. The molecular formula is C44H47BF6N10O2. The molecule has 0 saturated carbocycles. The molecule has 12 nitrogen and oxygen atoms in total. The third-order valence-corrected chi connectivity index (χ3v) is 13.1. The highest BCUT2D eigenvalue weighted by Crippen LogP contribution is 2.41. The first-order valence-corrected chi connectivity index (χ1v) is 21.1. The maximum Gasteiger partial charge on any atom is 0.737 e. The molecule has 330 valence electrons. The molecule has 0 unspecified atom stereocenters. The summed E-state index contributed by atoms with van der Waals surface area (Å²) in [4.78, 5) is 44.1. The number of anilines is 5. The topological polar surface area (TPSA) is 96.1 Å². The van der Waals surface area contributed by atoms with Crippen molar-refractivity contribution in [2.75, 3.05) is 68.5 Å². The van der Waals surface area contributed by atoms with Gasteiger partial charge in [-0.1, -0.05) is 12.1 Å². The molecule has 0 aliphatic carbocycles. The standard InChI is InChI=1S/C44H47BF6N10O2/c1-27-22-28(2)60-37(27)24-33-11-10-32(61(33)45(60,50)51)12-13-39(62)59-20-18-58(19-21-59)31-14-16-57(17-15-31)26-29-8-9-30(23-35(29)44(47,48)49)53-43-52-25-38-41(54-43)56(4)40-34(42(63)55(38)3)6-5-7-36(40)46/h5-11,22-25,31H,12-21,26H2,1-4H3,(H,52,53,54). The van der Waals surface area contributed by atoms with Crippen LogP contribution in [0.15, 0.2) is 66.5 Å². The van der Waals surface area contributed by atoms with E-state index in [1.807, 2.05) is 11.8 Å². The van der Waals surface area contributed by atoms with Gasteiger partial charge in [0.05, 0.1) is 23.0 Å². The summed E-state index contributed by atoms with van der Waals surface area (Å²) in [6.45, 7) is 3.11. The van der Waals surface area contributed by atoms with Crippen LogP contribution in [0.4, 0.5) is 55.0 Å². The number of rotatable bonds is 8. The van der Waals surface area contributed by atoms with Crippen molar-refractivity contribution in [2.24, 2.45) is 0 Å². The Kier molecular flexibility index (Phi) is 10.8. The number of nitrogens with one attached hydrogen (secondary N) is 1. The average molecular weight is 873 g/mol. The van der Waals surface area contributed by atoms with E-state index in [4.69, 9.17) is 0 Å². The number of piperidine rings is 1. The minimum atomic E-state index is -4.64. The molecule has 63 heavy (non-hydrogen) atoms. The monoisotopic (exact) mass is 872 g/mol. The molecule has 5 aliphatic rings. The number of amides is 2. The molecule has 0 atom stereocenters. The first-order valence-electron chi connectivity index (χ1n) is 21.1. The van der Waals surface area contributed by atoms with Gasteiger partial charge in [0.1, 0.15) is 17.2 Å². The van der Waals surface area contributed by atoms with E-state index in [1.165, 1.54) is 47.3 Å². The third-order valence-electron chi connectivity index (χ3n) is 13.1. The highest BCUT2D eigenvalue weighted by atomic mass is 19.4. The normalized spacial score (nSPS) is 19.2. The summed E-state index contributed by atoms with van der Waals surface area (Å²) in [5.41, 5.74) is 2.60. The van der Waals surface area contributed by atoms with Gasteiger partial charge in [0.25, 0.3) is 5.91 Å². The Morgan fingerprint density at radius 3 is 2.44 bits per heavy atom. The zero-order valence-electron chi connectivity index (χ0n) is 35.4. The number of aromatic nitrogens is 3. The molecule has 0 radical (unpaired) electrons. The lowest BCUT2D eigenvalue weighted by molar-refractivity contribution is -0.362. The van der Waals surface area contributed by atoms with Gasteiger partial charge in [-0.25, -0.2) is 9.37 Å². The number of fused-ring (bicyclic) bond motifs is 4. The van der Waals surface area contributed by atoms with Crippen LogP contribution in [0.25, 0.3) is 6.08 Å². The number of hydrogen-bond acceptors (Lipinski definition) is 8. The fourth-order valence-corrected chi connectivity index (χ4v) is 9.83. The van der Waals surface area contributed by atoms with E-state index in [9.17, 15) is 27.2 Å². The van der Waals surface area contributed by atoms with Gasteiger partial charge in [0, 0.05) is 95.3 Å². The summed E-state index contributed by atoms with van der Waals surface area (Å²) < 4.78 is 92.5. The minimum Gasteiger partial charge on any atom is -0.394 e. The molecule has 7 heterocycles. The smallest absolute Gasteiger partial charge is 0.394 e. The first kappa shape index (κ1) is 42.4. The lowest BCUT2D eigenvalue weighted by Crippen LogP contribution is -2.54. The number of alkyl halides is 3. The second-order valence-electron chi connectivity index (χ2n) is 17.0. The summed E-state index contributed by atoms with van der Waals surface area (Å²) in [6.07, 6.45) is 3.75. The number of nitrogens with zero attached hydrogens (tertiary/aromatic N) is 9. The minimum absolute atomic E-state index is 0.0272. The van der Waals surface area contributed by atoms with Gasteiger partial charge in [-0.15, -0.1) is 0 Å². The van der Waals surface area contributed by atoms with Crippen molar-refractivity contribution < 1.29 is 40.3 Å². The van der Waals surface area contributed by atoms with Gasteiger partial charge in [-0.2, -0.15) is 18.2 Å². The molecule has 1 N–H and O–H groups in total. The van der Waals surface area contributed by atoms with Crippen LogP contribution in [0.2, 0.25) is 0 Å². The highest BCUT2D eigenvalue weighted by molar-refractivity contribution is 6.58. The summed E-state index contributed by atoms with van der Waals surface area (Å²) in [5, 5.41) is 2.87. The van der Waals surface area contributed by atoms with Crippen molar-refractivity contribution in [1.29, 1.82) is 0 Å². The number of benzene rings is 2. The number of para-hydroxylation sites is 1. The fourth-order valence-electron chi connectivity index (χ4n) is 9.83. The van der Waals surface area contributed by atoms with Gasteiger partial charge in [0.15, 0.2) is 11.5 Å². The Balaban J connectivity index is 0.788. The highest BCUT2D eigenvalue weighted by Gasteiger charge is 2.52. The molecule has 9 rings (SSSR count). The van der Waals surface area contributed by atoms with Gasteiger partial charge in [-0.05, 0) is 86.9 Å². The molecule has 0 spiro atoms. The molecule has 19 heteroatoms. The average Bonchev–Trinajstić information content (AvgIpc) is 3.80. The van der Waals surface area contributed by atoms with Gasteiger partial charge >= 0.3 is 13.1 Å². The van der Waals surface area contributed by atoms with Crippen molar-refractivity contribution in [1.82, 2.24) is 29.1 Å². The second kappa shape index (κ2) is 16.0. The molecule has 2 saturated heterocycles. The lowest BCUT2D eigenvalue weighted by Gasteiger charge is -2.43. The van der Waals surface area contributed by atoms with E-state index in [1.54, 1.807) is 49.2 Å². The van der Waals surface area contributed by atoms with Crippen LogP contribution in [0.5, 0.6) is 0 Å². The molecule has 4 aromatic rings. The Labute approximate surface area is 360 Å². The zero-order chi connectivity index (χ0) is 44.5. The predicted molar refractivity (Wildman–Crippen MR) is 229 cm³/mol. The molecular weight excluding hydrogens is 825 g/mol. The number of hydrogen-bond donors (Lipinski definition) is 1. The van der Waals surface area contributed by atoms with E-state index >= 15 is 8.63 Å². The van der Waals surface area contributed by atoms with E-state index in [-0.39, 0.29) is 65.6 Å². The quantitative estimate of drug-likeness (QED) is 0.145. The third kappa shape index (κ3) is 7.68. The van der Waals surface area contributed by atoms with Crippen LogP contribution in [0.1, 0.15) is 64.1 Å². The Morgan fingerprint density at radius 2 is 1.71 bits per heavy atom. The lowest BCUT2D eigenvalue weighted by atomic mass is 9.90. The van der Waals surface area contributed by atoms with Crippen LogP contribution in [0.3, 0.4) is 0 Å². The van der Waals surface area contributed by atoms with Crippen molar-refractivity contribution in [3.05, 3.63) is 106 Å². The van der Waals surface area contributed by atoms with Crippen molar-refractivity contribution in [2.45, 2.75) is 58.3 Å². The Morgan fingerprint density at radius 1 is 0.968 bits per heavy atom. The maximum atomic E-state index is 15.8. The SMILES string of the molecule is Cc1cc(C)n2c1C=C1C=CC(CCC(=O)N3CCN(C4CCN(Cc5ccc(Nc6ncc7c(n6)N(C)c6c(F)cccc6C(=O)N7C)cc5C(F)(F)F)CC4)CC3)=[N+]1[B-]2(F)F. The molecule has 0 bridgehead atoms. The number of carbonyl (C=O) groups excluding carboxylic acids is 2. The summed E-state index contributed by atoms with van der Waals surface area (Å²) in [6, 6.07) is 10.2. The number of allylic oxidation sites excluding steroid dienone is 2. The Bertz CT molecular complexity index is 2610. The summed E-state index contributed by atoms with van der Waals surface area (Å²) in [7, 11) is 3.07. The van der Waals surface area contributed by atoms with Crippen LogP contribution in [-0.2, 0) is 17.5 Å². The Hall–Kier alpha value is -5.95. The number of aryl methyl sites for hydroxylation is 2. The molecule has 5 aliphatic heterocycles. The van der Waals surface area contributed by atoms with Gasteiger partial charge < -0.3 is 37.6 Å². The molecule has 2 amide bonds. The number of carbonyl (C=O) groups is 2. The largest absolute Gasteiger partial charge is 0.737 e. The van der Waals surface area contributed by atoms with Crippen molar-refractivity contribution >= 4 is 59.4 Å². The van der Waals surface area contributed by atoms with Gasteiger partial charge in [-0.3, -0.25) is 19.4 Å². The fraction of sp³-hybridized carbons (Fsp3) is 0.386. The predicted octanol–water partition coefficient (Wildman–Crippen LogP) is 7.34. The van der Waals surface area contributed by atoms with E-state index in [0.717, 1.165) is 33.4 Å². The zero-order valence-corrected chi connectivity index (χ0v) is 35.4. The van der Waals surface area contributed by atoms with E-state index in [2.05, 4.69) is 20.2 Å². The number of likely N-dealkylation sites (tertiary alicyclic amines) is 1. The van der Waals surface area contributed by atoms with Crippen LogP contribution < -0.4 is 15.1 Å². The first-order chi connectivity index (χ1) is 30.0. The van der Waals surface area contributed by atoms with Crippen molar-refractivity contribution in [3.63, 3.8) is 0 Å². The van der Waals surface area contributed by atoms with Crippen molar-refractivity contribution in [3.8, 4) is 0 Å². The molecule has 2 fully saturated rings. The van der Waals surface area contributed by atoms with Gasteiger partial charge in [0.2, 0.25) is 11.9 Å². The summed E-state index contributed by atoms with van der Waals surface area (Å²) in [5.74, 6) is -0.990. The van der Waals surface area contributed by atoms with E-state index < -0.39 is 30.4 Å². The van der Waals surface area contributed by atoms with Crippen LogP contribution >= 0.6 is 0 Å².